The van der Waals surface area contributed by atoms with Gasteiger partial charge in [0.2, 0.25) is 0 Å². The monoisotopic (exact) mass is 354 g/mol. The van der Waals surface area contributed by atoms with Gasteiger partial charge in [-0.2, -0.15) is 0 Å². The highest BCUT2D eigenvalue weighted by Crippen LogP contribution is 2.33. The summed E-state index contributed by atoms with van der Waals surface area (Å²) in [7, 11) is 0. The van der Waals surface area contributed by atoms with E-state index < -0.39 is 17.8 Å². The van der Waals surface area contributed by atoms with E-state index in [9.17, 15) is 14.7 Å². The molecule has 1 aliphatic carbocycles. The summed E-state index contributed by atoms with van der Waals surface area (Å²) in [6.07, 6.45) is 2.90. The van der Waals surface area contributed by atoms with Crippen LogP contribution in [0.3, 0.4) is 0 Å². The molecule has 0 saturated carbocycles. The Hall–Kier alpha value is -2.39. The Bertz CT molecular complexity index is 819. The predicted molar refractivity (Wildman–Crippen MR) is 98.8 cm³/mol. The summed E-state index contributed by atoms with van der Waals surface area (Å²) >= 11 is 5.90. The molecule has 0 fully saturated rings. The van der Waals surface area contributed by atoms with Gasteiger partial charge in [-0.15, -0.1) is 0 Å². The van der Waals surface area contributed by atoms with Gasteiger partial charge in [0.1, 0.15) is 0 Å². The van der Waals surface area contributed by atoms with Gasteiger partial charge in [-0.3, -0.25) is 9.59 Å². The van der Waals surface area contributed by atoms with Crippen LogP contribution in [-0.4, -0.2) is 16.9 Å². The molecule has 25 heavy (non-hydrogen) atoms. The number of allylic oxidation sites excluding steroid dienone is 2. The maximum Gasteiger partial charge on any atom is 0.307 e. The largest absolute Gasteiger partial charge is 0.481 e. The van der Waals surface area contributed by atoms with Gasteiger partial charge < -0.3 is 5.11 Å². The number of halogens is 1. The maximum atomic E-state index is 12.8. The zero-order valence-corrected chi connectivity index (χ0v) is 14.7. The summed E-state index contributed by atoms with van der Waals surface area (Å²) in [5, 5.41) is 10.1. The first kappa shape index (κ1) is 17.4. The van der Waals surface area contributed by atoms with E-state index in [1.54, 1.807) is 12.1 Å². The second-order valence-electron chi connectivity index (χ2n) is 6.49. The smallest absolute Gasteiger partial charge is 0.307 e. The van der Waals surface area contributed by atoms with Crippen molar-refractivity contribution < 1.29 is 14.7 Å². The fraction of sp³-hybridized carbons (Fsp3) is 0.238. The van der Waals surface area contributed by atoms with Crippen molar-refractivity contribution in [1.82, 2.24) is 0 Å². The van der Waals surface area contributed by atoms with Crippen molar-refractivity contribution in [3.63, 3.8) is 0 Å². The Labute approximate surface area is 151 Å². The lowest BCUT2D eigenvalue weighted by molar-refractivity contribution is -0.143. The van der Waals surface area contributed by atoms with Crippen molar-refractivity contribution in [1.29, 1.82) is 0 Å². The fourth-order valence-electron chi connectivity index (χ4n) is 3.30. The first-order valence-electron chi connectivity index (χ1n) is 8.24. The number of Topliss-reactive ketones (excluding diaryl/α,β-unsaturated/α-hetero) is 1. The van der Waals surface area contributed by atoms with E-state index in [-0.39, 0.29) is 5.78 Å². The molecule has 0 bridgehead atoms. The Morgan fingerprint density at radius 2 is 1.52 bits per heavy atom. The van der Waals surface area contributed by atoms with E-state index in [2.05, 4.69) is 0 Å². The summed E-state index contributed by atoms with van der Waals surface area (Å²) in [5.41, 5.74) is 3.60. The number of carboxylic acids is 1. The molecule has 0 saturated heterocycles. The molecule has 0 aliphatic heterocycles. The Kier molecular flexibility index (Phi) is 5.05. The van der Waals surface area contributed by atoms with Crippen molar-refractivity contribution in [2.75, 3.05) is 0 Å². The van der Waals surface area contributed by atoms with Crippen LogP contribution in [0.1, 0.15) is 30.1 Å². The van der Waals surface area contributed by atoms with Gasteiger partial charge in [0.15, 0.2) is 5.78 Å². The molecule has 0 amide bonds. The highest BCUT2D eigenvalue weighted by atomic mass is 35.5. The molecule has 2 aromatic rings. The second-order valence-corrected chi connectivity index (χ2v) is 6.93. The topological polar surface area (TPSA) is 54.4 Å². The maximum absolute atomic E-state index is 12.8. The number of hydrogen-bond acceptors (Lipinski definition) is 2. The third-order valence-electron chi connectivity index (χ3n) is 4.75. The fourth-order valence-corrected chi connectivity index (χ4v) is 3.42. The minimum Gasteiger partial charge on any atom is -0.481 e. The van der Waals surface area contributed by atoms with E-state index in [0.717, 1.165) is 16.7 Å². The molecule has 1 aliphatic rings. The molecule has 0 aromatic heterocycles. The third-order valence-corrected chi connectivity index (χ3v) is 5.00. The van der Waals surface area contributed by atoms with Gasteiger partial charge in [-0.25, -0.2) is 0 Å². The molecular weight excluding hydrogens is 336 g/mol. The van der Waals surface area contributed by atoms with E-state index in [1.807, 2.05) is 49.4 Å². The molecule has 2 aromatic carbocycles. The quantitative estimate of drug-likeness (QED) is 0.602. The van der Waals surface area contributed by atoms with Gasteiger partial charge in [-0.1, -0.05) is 59.6 Å². The average molecular weight is 355 g/mol. The van der Waals surface area contributed by atoms with Crippen LogP contribution in [0.25, 0.3) is 11.1 Å². The van der Waals surface area contributed by atoms with E-state index in [0.29, 0.717) is 23.4 Å². The third kappa shape index (κ3) is 3.83. The molecule has 0 unspecified atom stereocenters. The van der Waals surface area contributed by atoms with Gasteiger partial charge in [0.05, 0.1) is 5.92 Å². The minimum atomic E-state index is -0.899. The standard InChI is InChI=1S/C21H19ClO3/c1-13-2-11-18(19(12-13)21(24)25)20(23)16-5-3-14(4-6-16)15-7-9-17(22)10-8-15/h2-10,18-19H,11-12H2,1H3,(H,24,25)/t18-,19-/m0/s1. The van der Waals surface area contributed by atoms with Crippen LogP contribution in [0.15, 0.2) is 60.2 Å². The zero-order chi connectivity index (χ0) is 18.0. The lowest BCUT2D eigenvalue weighted by atomic mass is 9.76. The summed E-state index contributed by atoms with van der Waals surface area (Å²) < 4.78 is 0. The number of carbonyl (C=O) groups is 2. The highest BCUT2D eigenvalue weighted by Gasteiger charge is 2.35. The molecule has 4 heteroatoms. The van der Waals surface area contributed by atoms with Crippen LogP contribution < -0.4 is 0 Å². The molecule has 0 spiro atoms. The van der Waals surface area contributed by atoms with Gasteiger partial charge in [0, 0.05) is 16.5 Å². The van der Waals surface area contributed by atoms with Crippen molar-refractivity contribution in [3.05, 3.63) is 70.8 Å². The van der Waals surface area contributed by atoms with Crippen LogP contribution in [0.2, 0.25) is 5.02 Å². The summed E-state index contributed by atoms with van der Waals surface area (Å²) in [5.74, 6) is -2.14. The summed E-state index contributed by atoms with van der Waals surface area (Å²) in [6.45, 7) is 1.91. The molecule has 2 atom stereocenters. The number of rotatable bonds is 4. The Balaban J connectivity index is 1.83. The number of hydrogen-bond donors (Lipinski definition) is 1. The van der Waals surface area contributed by atoms with Crippen molar-refractivity contribution in [2.45, 2.75) is 19.8 Å². The van der Waals surface area contributed by atoms with Crippen molar-refractivity contribution in [2.24, 2.45) is 11.8 Å². The van der Waals surface area contributed by atoms with Crippen LogP contribution in [-0.2, 0) is 4.79 Å². The zero-order valence-electron chi connectivity index (χ0n) is 13.9. The predicted octanol–water partition coefficient (Wildman–Crippen LogP) is 5.25. The Morgan fingerprint density at radius 1 is 0.960 bits per heavy atom. The Morgan fingerprint density at radius 3 is 2.08 bits per heavy atom. The van der Waals surface area contributed by atoms with Crippen LogP contribution >= 0.6 is 11.6 Å². The molecule has 0 heterocycles. The average Bonchev–Trinajstić information content (AvgIpc) is 2.62. The lowest BCUT2D eigenvalue weighted by Crippen LogP contribution is -2.32. The summed E-state index contributed by atoms with van der Waals surface area (Å²) in [6, 6.07) is 14.8. The van der Waals surface area contributed by atoms with Gasteiger partial charge in [-0.05, 0) is 43.0 Å². The molecule has 1 N–H and O–H groups in total. The second kappa shape index (κ2) is 7.24. The molecule has 128 valence electrons. The van der Waals surface area contributed by atoms with Crippen LogP contribution in [0.5, 0.6) is 0 Å². The number of aliphatic carboxylic acids is 1. The van der Waals surface area contributed by atoms with Gasteiger partial charge >= 0.3 is 5.97 Å². The van der Waals surface area contributed by atoms with E-state index >= 15 is 0 Å². The molecular formula is C21H19ClO3. The number of carbonyl (C=O) groups excluding carboxylic acids is 1. The van der Waals surface area contributed by atoms with E-state index in [1.165, 1.54) is 0 Å². The normalized spacial score (nSPS) is 20.0. The molecule has 3 nitrogen and oxygen atoms in total. The van der Waals surface area contributed by atoms with Crippen molar-refractivity contribution >= 4 is 23.4 Å². The highest BCUT2D eigenvalue weighted by molar-refractivity contribution is 6.30. The minimum absolute atomic E-state index is 0.0983. The first-order chi connectivity index (χ1) is 12.0. The molecule has 0 radical (unpaired) electrons. The van der Waals surface area contributed by atoms with E-state index in [4.69, 9.17) is 11.6 Å². The molecule has 3 rings (SSSR count). The number of benzene rings is 2. The number of ketones is 1. The van der Waals surface area contributed by atoms with Crippen LogP contribution in [0, 0.1) is 11.8 Å². The number of carboxylic acid groups (broad SMARTS) is 1. The first-order valence-corrected chi connectivity index (χ1v) is 8.62. The lowest BCUT2D eigenvalue weighted by Gasteiger charge is -2.26. The van der Waals surface area contributed by atoms with Gasteiger partial charge in [0.25, 0.3) is 0 Å². The van der Waals surface area contributed by atoms with Crippen molar-refractivity contribution in [3.8, 4) is 11.1 Å². The summed E-state index contributed by atoms with van der Waals surface area (Å²) in [4.78, 5) is 24.3. The van der Waals surface area contributed by atoms with Crippen LogP contribution in [0.4, 0.5) is 0 Å². The SMILES string of the molecule is CC1=CC[C@H](C(=O)c2ccc(-c3ccc(Cl)cc3)cc2)[C@@H](C(=O)O)C1.